The van der Waals surface area contributed by atoms with Gasteiger partial charge in [-0.25, -0.2) is 9.78 Å². The number of aromatic nitrogens is 1. The third-order valence-corrected chi connectivity index (χ3v) is 9.36. The average Bonchev–Trinajstić information content (AvgIpc) is 3.70. The molecule has 7 nitrogen and oxygen atoms in total. The second-order valence-corrected chi connectivity index (χ2v) is 12.5. The Kier molecular flexibility index (Phi) is 6.62. The Morgan fingerprint density at radius 2 is 1.56 bits per heavy atom. The summed E-state index contributed by atoms with van der Waals surface area (Å²) in [5.41, 5.74) is 4.10. The van der Waals surface area contributed by atoms with Gasteiger partial charge in [-0.15, -0.1) is 0 Å². The number of imide groups is 1. The third kappa shape index (κ3) is 4.61. The van der Waals surface area contributed by atoms with E-state index in [1.54, 1.807) is 61.5 Å². The van der Waals surface area contributed by atoms with Gasteiger partial charge in [0.15, 0.2) is 6.10 Å². The number of halogens is 1. The molecule has 214 valence electrons. The van der Waals surface area contributed by atoms with Crippen LogP contribution in [0.15, 0.2) is 89.4 Å². The fourth-order valence-electron chi connectivity index (χ4n) is 6.68. The molecule has 0 radical (unpaired) electrons. The van der Waals surface area contributed by atoms with Gasteiger partial charge in [-0.3, -0.25) is 19.3 Å². The number of allylic oxidation sites excluding steroid dienone is 2. The number of hydrogen-bond acceptors (Lipinski definition) is 6. The summed E-state index contributed by atoms with van der Waals surface area (Å²) in [6.45, 7) is 3.50. The number of aryl methyl sites for hydroxylation is 1. The number of ketones is 1. The quantitative estimate of drug-likeness (QED) is 0.101. The molecule has 2 amide bonds. The number of fused-ring (bicyclic) bond motifs is 6. The highest BCUT2D eigenvalue weighted by Crippen LogP contribution is 2.53. The van der Waals surface area contributed by atoms with E-state index < -0.39 is 12.1 Å². The van der Waals surface area contributed by atoms with E-state index in [0.29, 0.717) is 33.4 Å². The van der Waals surface area contributed by atoms with Crippen LogP contribution in [0.3, 0.4) is 0 Å². The first kappa shape index (κ1) is 27.4. The molecule has 7 rings (SSSR count). The predicted molar refractivity (Wildman–Crippen MR) is 165 cm³/mol. The Hall–Kier alpha value is -4.43. The Morgan fingerprint density at radius 3 is 2.21 bits per heavy atom. The van der Waals surface area contributed by atoms with Gasteiger partial charge < -0.3 is 4.74 Å². The van der Waals surface area contributed by atoms with E-state index in [9.17, 15) is 19.2 Å². The summed E-state index contributed by atoms with van der Waals surface area (Å²) >= 11 is 3.47. The van der Waals surface area contributed by atoms with Crippen molar-refractivity contribution in [3.8, 4) is 11.3 Å². The van der Waals surface area contributed by atoms with Crippen molar-refractivity contribution >= 4 is 56.1 Å². The Balaban J connectivity index is 1.18. The van der Waals surface area contributed by atoms with Gasteiger partial charge in [-0.2, -0.15) is 0 Å². The largest absolute Gasteiger partial charge is 0.451 e. The molecule has 1 aliphatic heterocycles. The highest BCUT2D eigenvalue weighted by atomic mass is 79.9. The summed E-state index contributed by atoms with van der Waals surface area (Å²) in [4.78, 5) is 59.1. The molecule has 1 saturated carbocycles. The summed E-state index contributed by atoms with van der Waals surface area (Å²) in [7, 11) is 0. The number of benzene rings is 3. The van der Waals surface area contributed by atoms with Crippen LogP contribution in [0.2, 0.25) is 0 Å². The van der Waals surface area contributed by atoms with Gasteiger partial charge in [0.05, 0.1) is 34.3 Å². The van der Waals surface area contributed by atoms with Crippen LogP contribution in [0.1, 0.15) is 39.6 Å². The van der Waals surface area contributed by atoms with Crippen LogP contribution in [-0.2, 0) is 14.3 Å². The molecule has 2 fully saturated rings. The topological polar surface area (TPSA) is 93.6 Å². The molecule has 3 aliphatic rings. The molecule has 5 atom stereocenters. The molecule has 43 heavy (non-hydrogen) atoms. The van der Waals surface area contributed by atoms with E-state index in [1.165, 1.54) is 4.90 Å². The Morgan fingerprint density at radius 1 is 0.907 bits per heavy atom. The molecular weight excluding hydrogens is 608 g/mol. The minimum absolute atomic E-state index is 0.131. The zero-order chi connectivity index (χ0) is 30.0. The monoisotopic (exact) mass is 634 g/mol. The lowest BCUT2D eigenvalue weighted by Crippen LogP contribution is -2.32. The maximum atomic E-state index is 13.5. The minimum atomic E-state index is -0.992. The molecule has 0 unspecified atom stereocenters. The lowest BCUT2D eigenvalue weighted by molar-refractivity contribution is -0.123. The molecule has 1 aromatic heterocycles. The number of nitrogens with zero attached hydrogens (tertiary/aromatic N) is 2. The van der Waals surface area contributed by atoms with Crippen LogP contribution in [0.4, 0.5) is 5.69 Å². The van der Waals surface area contributed by atoms with Crippen molar-refractivity contribution in [1.82, 2.24) is 4.98 Å². The number of ether oxygens (including phenoxy) is 1. The van der Waals surface area contributed by atoms with Crippen molar-refractivity contribution in [3.05, 3.63) is 106 Å². The number of hydrogen-bond donors (Lipinski definition) is 0. The molecule has 0 spiro atoms. The van der Waals surface area contributed by atoms with Gasteiger partial charge >= 0.3 is 5.97 Å². The number of pyridine rings is 1. The van der Waals surface area contributed by atoms with Crippen molar-refractivity contribution in [2.24, 2.45) is 23.7 Å². The molecule has 8 heteroatoms. The zero-order valence-electron chi connectivity index (χ0n) is 23.5. The van der Waals surface area contributed by atoms with E-state index in [1.807, 2.05) is 25.1 Å². The second-order valence-electron chi connectivity index (χ2n) is 11.6. The molecule has 3 aromatic carbocycles. The summed E-state index contributed by atoms with van der Waals surface area (Å²) in [6.07, 6.45) is 4.05. The van der Waals surface area contributed by atoms with Crippen LogP contribution in [0.25, 0.3) is 22.2 Å². The van der Waals surface area contributed by atoms with Crippen LogP contribution in [0, 0.1) is 30.6 Å². The van der Waals surface area contributed by atoms with E-state index in [-0.39, 0.29) is 46.8 Å². The number of rotatable bonds is 6. The number of amides is 2. The van der Waals surface area contributed by atoms with Gasteiger partial charge in [0.25, 0.3) is 0 Å². The van der Waals surface area contributed by atoms with Crippen molar-refractivity contribution in [2.45, 2.75) is 26.4 Å². The molecule has 4 aromatic rings. The van der Waals surface area contributed by atoms with Crippen molar-refractivity contribution in [1.29, 1.82) is 0 Å². The average molecular weight is 636 g/mol. The Labute approximate surface area is 256 Å². The number of Topliss-reactive ketones (excluding diaryl/α,β-unsaturated/α-hetero) is 1. The molecule has 1 saturated heterocycles. The van der Waals surface area contributed by atoms with Gasteiger partial charge in [-0.1, -0.05) is 70.0 Å². The first-order chi connectivity index (χ1) is 20.7. The summed E-state index contributed by atoms with van der Waals surface area (Å²) in [6, 6.07) is 21.3. The van der Waals surface area contributed by atoms with Crippen molar-refractivity contribution in [3.63, 3.8) is 0 Å². The fourth-order valence-corrected chi connectivity index (χ4v) is 7.04. The highest BCUT2D eigenvalue weighted by Gasteiger charge is 2.59. The van der Waals surface area contributed by atoms with Gasteiger partial charge in [0, 0.05) is 21.0 Å². The van der Waals surface area contributed by atoms with Gasteiger partial charge in [-0.05, 0) is 68.5 Å². The van der Waals surface area contributed by atoms with Gasteiger partial charge in [0.1, 0.15) is 0 Å². The first-order valence-electron chi connectivity index (χ1n) is 14.3. The predicted octanol–water partition coefficient (Wildman–Crippen LogP) is 6.71. The molecule has 2 heterocycles. The van der Waals surface area contributed by atoms with Crippen molar-refractivity contribution < 1.29 is 23.9 Å². The van der Waals surface area contributed by atoms with Crippen LogP contribution in [-0.4, -0.2) is 34.7 Å². The highest BCUT2D eigenvalue weighted by molar-refractivity contribution is 9.10. The summed E-state index contributed by atoms with van der Waals surface area (Å²) < 4.78 is 6.44. The number of carbonyl (C=O) groups excluding carboxylic acids is 4. The van der Waals surface area contributed by atoms with Crippen molar-refractivity contribution in [2.75, 3.05) is 4.90 Å². The fraction of sp³-hybridized carbons (Fsp3) is 0.229. The normalized spacial score (nSPS) is 22.7. The van der Waals surface area contributed by atoms with E-state index in [0.717, 1.165) is 16.5 Å². The number of esters is 1. The molecule has 2 aliphatic carbocycles. The van der Waals surface area contributed by atoms with E-state index in [2.05, 4.69) is 28.1 Å². The van der Waals surface area contributed by atoms with Crippen LogP contribution in [0.5, 0.6) is 0 Å². The zero-order valence-corrected chi connectivity index (χ0v) is 25.1. The Bertz CT molecular complexity index is 1830. The van der Waals surface area contributed by atoms with E-state index >= 15 is 0 Å². The maximum absolute atomic E-state index is 13.5. The molecule has 2 bridgehead atoms. The first-order valence-corrected chi connectivity index (χ1v) is 15.1. The number of carbonyl (C=O) groups is 4. The van der Waals surface area contributed by atoms with Crippen LogP contribution >= 0.6 is 15.9 Å². The minimum Gasteiger partial charge on any atom is -0.451 e. The second kappa shape index (κ2) is 10.4. The van der Waals surface area contributed by atoms with E-state index in [4.69, 9.17) is 9.72 Å². The molecule has 0 N–H and O–H groups in total. The molecular formula is C35H27BrN2O5. The summed E-state index contributed by atoms with van der Waals surface area (Å²) in [5.74, 6) is -1.44. The van der Waals surface area contributed by atoms with Gasteiger partial charge in [0.2, 0.25) is 17.6 Å². The maximum Gasteiger partial charge on any atom is 0.339 e. The smallest absolute Gasteiger partial charge is 0.339 e. The van der Waals surface area contributed by atoms with Crippen LogP contribution < -0.4 is 4.90 Å². The third-order valence-electron chi connectivity index (χ3n) is 8.87. The SMILES string of the molecule is Cc1ccc(C(=O)[C@H](C)OC(=O)c2cc(-c3ccc(N4C(=O)[C@@H]5[C@@H](C4=O)[C@H]4C=C[C@@H]5C4)cc3)nc3ccc(Br)cc23)cc1. The number of anilines is 1. The summed E-state index contributed by atoms with van der Waals surface area (Å²) in [5, 5.41) is 0.581. The lowest BCUT2D eigenvalue weighted by Gasteiger charge is -2.18. The standard InChI is InChI=1S/C35H27BrN2O5/c1-18-3-5-21(6-4-18)32(39)19(2)43-35(42)27-17-29(37-28-14-11-24(36)16-26(27)28)20-9-12-25(13-10-20)38-33(40)30-22-7-8-23(15-22)31(30)34(38)41/h3-14,16-17,19,22-23,30-31H,15H2,1-2H3/t19-,22-,23+,30-,31-/m0/s1. The lowest BCUT2D eigenvalue weighted by atomic mass is 9.85.